The van der Waals surface area contributed by atoms with Crippen LogP contribution in [0.1, 0.15) is 10.4 Å². The fourth-order valence-corrected chi connectivity index (χ4v) is 2.22. The molecule has 0 radical (unpaired) electrons. The lowest BCUT2D eigenvalue weighted by atomic mass is 10.3. The molecule has 0 atom stereocenters. The first-order chi connectivity index (χ1) is 8.19. The van der Waals surface area contributed by atoms with E-state index in [0.29, 0.717) is 17.6 Å². The summed E-state index contributed by atoms with van der Waals surface area (Å²) in [5.74, 6) is 0.604. The van der Waals surface area contributed by atoms with Crippen molar-refractivity contribution >= 4 is 38.1 Å². The third-order valence-corrected chi connectivity index (χ3v) is 2.99. The molecule has 2 aromatic rings. The molecule has 1 aromatic heterocycles. The summed E-state index contributed by atoms with van der Waals surface area (Å²) in [4.78, 5) is 18.3. The Balaban J connectivity index is 2.22. The van der Waals surface area contributed by atoms with E-state index in [1.807, 2.05) is 12.1 Å². The van der Waals surface area contributed by atoms with Crippen LogP contribution in [-0.2, 0) is 0 Å². The molecule has 0 aliphatic heterocycles. The minimum Gasteiger partial charge on any atom is -0.423 e. The fraction of sp³-hybridized carbons (Fsp3) is 0. The molecule has 0 spiro atoms. The molecule has 0 saturated heterocycles. The zero-order valence-electron chi connectivity index (χ0n) is 8.43. The van der Waals surface area contributed by atoms with Crippen LogP contribution in [0.15, 0.2) is 39.5 Å². The molecule has 17 heavy (non-hydrogen) atoms. The Morgan fingerprint density at radius 2 is 1.88 bits per heavy atom. The molecule has 0 N–H and O–H groups in total. The number of hydrogen-bond acceptors (Lipinski definition) is 4. The van der Waals surface area contributed by atoms with Gasteiger partial charge >= 0.3 is 6.01 Å². The van der Waals surface area contributed by atoms with Crippen LogP contribution < -0.4 is 4.74 Å². The van der Waals surface area contributed by atoms with E-state index in [1.165, 1.54) is 12.4 Å². The quantitative estimate of drug-likeness (QED) is 0.787. The highest BCUT2D eigenvalue weighted by Crippen LogP contribution is 2.30. The summed E-state index contributed by atoms with van der Waals surface area (Å²) in [5, 5.41) is 0. The van der Waals surface area contributed by atoms with Gasteiger partial charge in [-0.1, -0.05) is 15.9 Å². The second-order valence-electron chi connectivity index (χ2n) is 3.09. The van der Waals surface area contributed by atoms with Gasteiger partial charge in [0, 0.05) is 16.9 Å². The number of halogens is 2. The van der Waals surface area contributed by atoms with Gasteiger partial charge in [-0.25, -0.2) is 9.97 Å². The number of hydrogen-bond donors (Lipinski definition) is 0. The van der Waals surface area contributed by atoms with E-state index >= 15 is 0 Å². The van der Waals surface area contributed by atoms with Gasteiger partial charge in [0.15, 0.2) is 6.29 Å². The molecule has 0 saturated carbocycles. The smallest absolute Gasteiger partial charge is 0.321 e. The van der Waals surface area contributed by atoms with E-state index in [0.717, 1.165) is 8.95 Å². The molecule has 0 aliphatic carbocycles. The zero-order valence-corrected chi connectivity index (χ0v) is 11.6. The van der Waals surface area contributed by atoms with Crippen molar-refractivity contribution in [2.24, 2.45) is 0 Å². The van der Waals surface area contributed by atoms with Crippen molar-refractivity contribution in [2.45, 2.75) is 0 Å². The number of rotatable bonds is 3. The third-order valence-electron chi connectivity index (χ3n) is 1.88. The van der Waals surface area contributed by atoms with Gasteiger partial charge in [-0.15, -0.1) is 0 Å². The minimum atomic E-state index is 0.193. The van der Waals surface area contributed by atoms with E-state index < -0.39 is 0 Å². The highest BCUT2D eigenvalue weighted by atomic mass is 79.9. The fourth-order valence-electron chi connectivity index (χ4n) is 1.10. The average Bonchev–Trinajstić information content (AvgIpc) is 2.34. The first kappa shape index (κ1) is 12.2. The first-order valence-electron chi connectivity index (χ1n) is 4.59. The second kappa shape index (κ2) is 5.37. The molecule has 0 amide bonds. The highest BCUT2D eigenvalue weighted by Gasteiger charge is 2.05. The zero-order chi connectivity index (χ0) is 12.3. The molecule has 0 unspecified atom stereocenters. The maximum atomic E-state index is 10.4. The lowest BCUT2D eigenvalue weighted by Gasteiger charge is -2.05. The van der Waals surface area contributed by atoms with Gasteiger partial charge in [-0.3, -0.25) is 4.79 Å². The molecule has 0 aliphatic rings. The van der Waals surface area contributed by atoms with Crippen molar-refractivity contribution in [3.05, 3.63) is 45.1 Å². The van der Waals surface area contributed by atoms with Gasteiger partial charge in [-0.05, 0) is 34.1 Å². The second-order valence-corrected chi connectivity index (χ2v) is 4.86. The molecule has 2 rings (SSSR count). The number of benzene rings is 1. The van der Waals surface area contributed by atoms with Crippen LogP contribution in [-0.4, -0.2) is 16.3 Å². The molecule has 6 heteroatoms. The highest BCUT2D eigenvalue weighted by molar-refractivity contribution is 9.11. The predicted molar refractivity (Wildman–Crippen MR) is 69.3 cm³/mol. The molecule has 4 nitrogen and oxygen atoms in total. The van der Waals surface area contributed by atoms with Crippen molar-refractivity contribution in [1.82, 2.24) is 9.97 Å². The molecule has 1 aromatic carbocycles. The van der Waals surface area contributed by atoms with Crippen molar-refractivity contribution in [2.75, 3.05) is 0 Å². The SMILES string of the molecule is O=Cc1cnc(Oc2ccc(Br)cc2Br)nc1. The Bertz CT molecular complexity index is 544. The number of nitrogens with zero attached hydrogens (tertiary/aromatic N) is 2. The number of carbonyl (C=O) groups excluding carboxylic acids is 1. The Kier molecular flexibility index (Phi) is 3.86. The summed E-state index contributed by atoms with van der Waals surface area (Å²) >= 11 is 6.71. The van der Waals surface area contributed by atoms with Crippen LogP contribution in [0.4, 0.5) is 0 Å². The van der Waals surface area contributed by atoms with E-state index in [9.17, 15) is 4.79 Å². The van der Waals surface area contributed by atoms with E-state index in [1.54, 1.807) is 6.07 Å². The largest absolute Gasteiger partial charge is 0.423 e. The van der Waals surface area contributed by atoms with Crippen LogP contribution >= 0.6 is 31.9 Å². The summed E-state index contributed by atoms with van der Waals surface area (Å²) in [5.41, 5.74) is 0.409. The topological polar surface area (TPSA) is 52.1 Å². The number of aromatic nitrogens is 2. The summed E-state index contributed by atoms with van der Waals surface area (Å²) in [7, 11) is 0. The summed E-state index contributed by atoms with van der Waals surface area (Å²) in [6, 6.07) is 5.68. The van der Waals surface area contributed by atoms with Gasteiger partial charge in [-0.2, -0.15) is 0 Å². The van der Waals surface area contributed by atoms with Crippen molar-refractivity contribution in [1.29, 1.82) is 0 Å². The average molecular weight is 358 g/mol. The Morgan fingerprint density at radius 1 is 1.18 bits per heavy atom. The minimum absolute atomic E-state index is 0.193. The van der Waals surface area contributed by atoms with Gasteiger partial charge in [0.25, 0.3) is 0 Å². The maximum absolute atomic E-state index is 10.4. The Labute approximate surface area is 114 Å². The van der Waals surface area contributed by atoms with Crippen LogP contribution in [0, 0.1) is 0 Å². The van der Waals surface area contributed by atoms with Gasteiger partial charge in [0.1, 0.15) is 5.75 Å². The summed E-state index contributed by atoms with van der Waals surface area (Å²) in [6.07, 6.45) is 3.49. The van der Waals surface area contributed by atoms with Crippen LogP contribution in [0.5, 0.6) is 11.8 Å². The number of ether oxygens (including phenoxy) is 1. The standard InChI is InChI=1S/C11H6Br2N2O2/c12-8-1-2-10(9(13)3-8)17-11-14-4-7(6-16)5-15-11/h1-6H. The predicted octanol–water partition coefficient (Wildman–Crippen LogP) is 3.61. The third kappa shape index (κ3) is 3.10. The monoisotopic (exact) mass is 356 g/mol. The van der Waals surface area contributed by atoms with E-state index in [2.05, 4.69) is 41.8 Å². The van der Waals surface area contributed by atoms with Gasteiger partial charge in [0.05, 0.1) is 10.0 Å². The van der Waals surface area contributed by atoms with Crippen molar-refractivity contribution in [3.63, 3.8) is 0 Å². The van der Waals surface area contributed by atoms with Crippen molar-refractivity contribution in [3.8, 4) is 11.8 Å². The Morgan fingerprint density at radius 3 is 2.47 bits per heavy atom. The lowest BCUT2D eigenvalue weighted by Crippen LogP contribution is -1.93. The van der Waals surface area contributed by atoms with Crippen LogP contribution in [0.2, 0.25) is 0 Å². The number of aldehydes is 1. The van der Waals surface area contributed by atoms with E-state index in [4.69, 9.17) is 4.74 Å². The molecule has 1 heterocycles. The summed E-state index contributed by atoms with van der Waals surface area (Å²) in [6.45, 7) is 0. The van der Waals surface area contributed by atoms with Crippen molar-refractivity contribution < 1.29 is 9.53 Å². The lowest BCUT2D eigenvalue weighted by molar-refractivity contribution is 0.112. The molecule has 86 valence electrons. The first-order valence-corrected chi connectivity index (χ1v) is 6.18. The van der Waals surface area contributed by atoms with E-state index in [-0.39, 0.29) is 6.01 Å². The van der Waals surface area contributed by atoms with Gasteiger partial charge in [0.2, 0.25) is 0 Å². The molecule has 0 bridgehead atoms. The molecular weight excluding hydrogens is 352 g/mol. The number of carbonyl (C=O) groups is 1. The maximum Gasteiger partial charge on any atom is 0.321 e. The normalized spacial score (nSPS) is 10.0. The summed E-state index contributed by atoms with van der Waals surface area (Å²) < 4.78 is 7.18. The molecular formula is C11H6Br2N2O2. The van der Waals surface area contributed by atoms with Crippen LogP contribution in [0.3, 0.4) is 0 Å². The molecule has 0 fully saturated rings. The van der Waals surface area contributed by atoms with Crippen LogP contribution in [0.25, 0.3) is 0 Å². The van der Waals surface area contributed by atoms with Gasteiger partial charge < -0.3 is 4.74 Å². The Hall–Kier alpha value is -1.27.